The molecule has 1 N–H and O–H groups in total. The summed E-state index contributed by atoms with van der Waals surface area (Å²) in [7, 11) is -3.43. The summed E-state index contributed by atoms with van der Waals surface area (Å²) in [6.45, 7) is 10.9. The molecule has 2 aromatic rings. The number of nitrogens with zero attached hydrogens (tertiary/aromatic N) is 2. The van der Waals surface area contributed by atoms with Gasteiger partial charge >= 0.3 is 0 Å². The van der Waals surface area contributed by atoms with Gasteiger partial charge < -0.3 is 15.0 Å². The number of piperazine rings is 1. The van der Waals surface area contributed by atoms with E-state index in [4.69, 9.17) is 0 Å². The summed E-state index contributed by atoms with van der Waals surface area (Å²) in [6, 6.07) is 15.0. The molecule has 2 aliphatic rings. The zero-order valence-corrected chi connectivity index (χ0v) is 19.9. The van der Waals surface area contributed by atoms with Crippen LogP contribution in [0.5, 0.6) is 0 Å². The van der Waals surface area contributed by atoms with Gasteiger partial charge in [-0.15, -0.1) is 0 Å². The molecule has 0 unspecified atom stereocenters. The van der Waals surface area contributed by atoms with Crippen molar-refractivity contribution in [2.45, 2.75) is 44.2 Å². The van der Waals surface area contributed by atoms with E-state index in [9.17, 15) is 13.2 Å². The highest BCUT2D eigenvalue weighted by atomic mass is 32.2. The molecule has 8 heteroatoms. The lowest BCUT2D eigenvalue weighted by atomic mass is 9.98. The third-order valence-electron chi connectivity index (χ3n) is 5.45. The van der Waals surface area contributed by atoms with Crippen molar-refractivity contribution in [1.29, 1.82) is 0 Å². The smallest absolute Gasteiger partial charge is 0.293 e. The van der Waals surface area contributed by atoms with Crippen molar-refractivity contribution in [2.24, 2.45) is 0 Å². The molecule has 0 bridgehead atoms. The predicted octanol–water partition coefficient (Wildman–Crippen LogP) is 2.80. The molecular formula is C24H33N3O4S. The fraction of sp³-hybridized carbons (Fsp3) is 0.458. The van der Waals surface area contributed by atoms with Crippen molar-refractivity contribution >= 4 is 22.2 Å². The Bertz CT molecular complexity index is 998. The molecule has 2 aromatic carbocycles. The maximum absolute atomic E-state index is 12.9. The molecule has 1 fully saturated rings. The molecular weight excluding hydrogens is 426 g/mol. The van der Waals surface area contributed by atoms with Crippen LogP contribution in [0.25, 0.3) is 0 Å². The summed E-state index contributed by atoms with van der Waals surface area (Å²) in [5, 5.41) is 3.38. The second-order valence-corrected chi connectivity index (χ2v) is 10.8. The summed E-state index contributed by atoms with van der Waals surface area (Å²) in [6.07, 6.45) is 0.765. The Hall–Kier alpha value is -2.42. The lowest BCUT2D eigenvalue weighted by Crippen LogP contribution is -2.44. The van der Waals surface area contributed by atoms with Crippen molar-refractivity contribution in [1.82, 2.24) is 9.62 Å². The Balaban J connectivity index is 0.000000360. The SMILES string of the molecule is CC(C)(C)OC=O.O=S(=O)(c1ccccc1)N1CCc2c(cccc2N2CCNCC2)C1. The number of fused-ring (bicyclic) bond motifs is 1. The maximum Gasteiger partial charge on any atom is 0.293 e. The molecule has 0 amide bonds. The number of anilines is 1. The second kappa shape index (κ2) is 10.5. The summed E-state index contributed by atoms with van der Waals surface area (Å²) < 4.78 is 31.9. The van der Waals surface area contributed by atoms with Gasteiger partial charge in [-0.05, 0) is 56.5 Å². The van der Waals surface area contributed by atoms with Crippen molar-refractivity contribution in [3.63, 3.8) is 0 Å². The highest BCUT2D eigenvalue weighted by molar-refractivity contribution is 7.89. The standard InChI is InChI=1S/C19H23N3O2S.C5H10O2/c23-25(24,17-6-2-1-3-7-17)22-12-9-18-16(15-22)5-4-8-19(18)21-13-10-20-11-14-21;1-5(2,3)7-4-6/h1-8,20H,9-15H2;4H,1-3H3. The molecule has 0 spiro atoms. The Morgan fingerprint density at radius 2 is 1.66 bits per heavy atom. The normalized spacial score (nSPS) is 17.0. The third-order valence-corrected chi connectivity index (χ3v) is 7.31. The lowest BCUT2D eigenvalue weighted by Gasteiger charge is -2.35. The average molecular weight is 460 g/mol. The fourth-order valence-electron chi connectivity index (χ4n) is 3.86. The number of sulfonamides is 1. The summed E-state index contributed by atoms with van der Waals surface area (Å²) in [4.78, 5) is 12.4. The van der Waals surface area contributed by atoms with Crippen molar-refractivity contribution < 1.29 is 17.9 Å². The largest absolute Gasteiger partial charge is 0.462 e. The van der Waals surface area contributed by atoms with Gasteiger partial charge in [0.05, 0.1) is 4.90 Å². The number of hydrogen-bond donors (Lipinski definition) is 1. The minimum absolute atomic E-state index is 0.318. The van der Waals surface area contributed by atoms with Crippen LogP contribution in [0.2, 0.25) is 0 Å². The number of benzene rings is 2. The van der Waals surface area contributed by atoms with E-state index in [-0.39, 0.29) is 5.60 Å². The highest BCUT2D eigenvalue weighted by Gasteiger charge is 2.30. The zero-order chi connectivity index (χ0) is 23.2. The topological polar surface area (TPSA) is 79.0 Å². The van der Waals surface area contributed by atoms with E-state index in [2.05, 4.69) is 33.2 Å². The number of carbonyl (C=O) groups excluding carboxylic acids is 1. The van der Waals surface area contributed by atoms with E-state index >= 15 is 0 Å². The van der Waals surface area contributed by atoms with Gasteiger partial charge in [-0.1, -0.05) is 30.3 Å². The first-order valence-electron chi connectivity index (χ1n) is 11.0. The van der Waals surface area contributed by atoms with Crippen LogP contribution in [0.4, 0.5) is 5.69 Å². The van der Waals surface area contributed by atoms with Gasteiger partial charge in [0.25, 0.3) is 6.47 Å². The van der Waals surface area contributed by atoms with Crippen molar-refractivity contribution in [3.8, 4) is 0 Å². The van der Waals surface area contributed by atoms with Gasteiger partial charge in [-0.3, -0.25) is 4.79 Å². The van der Waals surface area contributed by atoms with Crippen LogP contribution in [-0.2, 0) is 32.5 Å². The first-order chi connectivity index (χ1) is 15.2. The Labute approximate surface area is 191 Å². The second-order valence-electron chi connectivity index (χ2n) is 8.88. The quantitative estimate of drug-likeness (QED) is 0.709. The number of ether oxygens (including phenoxy) is 1. The first-order valence-corrected chi connectivity index (χ1v) is 12.4. The maximum atomic E-state index is 12.9. The van der Waals surface area contributed by atoms with Gasteiger partial charge in [0.1, 0.15) is 5.60 Å². The predicted molar refractivity (Wildman–Crippen MR) is 126 cm³/mol. The molecule has 0 saturated carbocycles. The van der Waals surface area contributed by atoms with Crippen LogP contribution >= 0.6 is 0 Å². The van der Waals surface area contributed by atoms with Crippen LogP contribution in [0, 0.1) is 0 Å². The summed E-state index contributed by atoms with van der Waals surface area (Å²) in [5.41, 5.74) is 3.39. The molecule has 0 aromatic heterocycles. The van der Waals surface area contributed by atoms with Gasteiger partial charge in [-0.2, -0.15) is 4.31 Å². The Morgan fingerprint density at radius 3 is 2.25 bits per heavy atom. The number of hydrogen-bond acceptors (Lipinski definition) is 6. The molecule has 32 heavy (non-hydrogen) atoms. The fourth-order valence-corrected chi connectivity index (χ4v) is 5.30. The van der Waals surface area contributed by atoms with E-state index in [0.29, 0.717) is 24.5 Å². The van der Waals surface area contributed by atoms with Crippen LogP contribution in [0.1, 0.15) is 31.9 Å². The van der Waals surface area contributed by atoms with Crippen LogP contribution in [0.15, 0.2) is 53.4 Å². The highest BCUT2D eigenvalue weighted by Crippen LogP contribution is 2.31. The third kappa shape index (κ3) is 6.09. The monoisotopic (exact) mass is 459 g/mol. The van der Waals surface area contributed by atoms with Crippen molar-refractivity contribution in [2.75, 3.05) is 37.6 Å². The Morgan fingerprint density at radius 1 is 0.969 bits per heavy atom. The minimum Gasteiger partial charge on any atom is -0.462 e. The average Bonchev–Trinajstić information content (AvgIpc) is 2.79. The molecule has 0 radical (unpaired) electrons. The molecule has 4 rings (SSSR count). The van der Waals surface area contributed by atoms with Gasteiger partial charge in [0.2, 0.25) is 10.0 Å². The summed E-state index contributed by atoms with van der Waals surface area (Å²) >= 11 is 0. The van der Waals surface area contributed by atoms with E-state index in [0.717, 1.165) is 38.2 Å². The van der Waals surface area contributed by atoms with E-state index < -0.39 is 10.0 Å². The first kappa shape index (κ1) is 24.2. The zero-order valence-electron chi connectivity index (χ0n) is 19.1. The molecule has 1 saturated heterocycles. The van der Waals surface area contributed by atoms with E-state index in [1.165, 1.54) is 11.3 Å². The minimum atomic E-state index is -3.43. The molecule has 174 valence electrons. The van der Waals surface area contributed by atoms with E-state index in [1.54, 1.807) is 28.6 Å². The molecule has 0 atom stereocenters. The number of nitrogens with one attached hydrogen (secondary N) is 1. The molecule has 2 heterocycles. The summed E-state index contributed by atoms with van der Waals surface area (Å²) in [5.74, 6) is 0. The molecule has 0 aliphatic carbocycles. The Kier molecular flexibility index (Phi) is 7.92. The van der Waals surface area contributed by atoms with Gasteiger partial charge in [-0.25, -0.2) is 8.42 Å². The van der Waals surface area contributed by atoms with Crippen LogP contribution in [-0.4, -0.2) is 57.5 Å². The van der Waals surface area contributed by atoms with Gasteiger partial charge in [0.15, 0.2) is 0 Å². The van der Waals surface area contributed by atoms with Gasteiger partial charge in [0, 0.05) is 45.0 Å². The van der Waals surface area contributed by atoms with Crippen molar-refractivity contribution in [3.05, 3.63) is 59.7 Å². The number of carbonyl (C=O) groups is 1. The van der Waals surface area contributed by atoms with Crippen LogP contribution in [0.3, 0.4) is 0 Å². The van der Waals surface area contributed by atoms with E-state index in [1.807, 2.05) is 26.8 Å². The van der Waals surface area contributed by atoms with Crippen LogP contribution < -0.4 is 10.2 Å². The molecule has 7 nitrogen and oxygen atoms in total. The lowest BCUT2D eigenvalue weighted by molar-refractivity contribution is -0.138. The molecule has 2 aliphatic heterocycles. The number of rotatable bonds is 4.